The van der Waals surface area contributed by atoms with E-state index in [4.69, 9.17) is 9.47 Å². The Hall–Kier alpha value is -1.33. The van der Waals surface area contributed by atoms with E-state index in [0.717, 1.165) is 11.0 Å². The zero-order valence-corrected chi connectivity index (χ0v) is 10.9. The first-order valence-corrected chi connectivity index (χ1v) is 6.51. The number of carbonyl (C=O) groups is 1. The van der Waals surface area contributed by atoms with Gasteiger partial charge in [0, 0.05) is 12.8 Å². The first-order chi connectivity index (χ1) is 9.10. The van der Waals surface area contributed by atoms with Crippen LogP contribution in [0.1, 0.15) is 18.4 Å². The second kappa shape index (κ2) is 4.35. The van der Waals surface area contributed by atoms with E-state index in [0.29, 0.717) is 26.1 Å². The minimum Gasteiger partial charge on any atom is -0.481 e. The Morgan fingerprint density at radius 2 is 1.79 bits per heavy atom. The second-order valence-corrected chi connectivity index (χ2v) is 5.26. The smallest absolute Gasteiger partial charge is 0.314 e. The van der Waals surface area contributed by atoms with Crippen LogP contribution in [0.4, 0.5) is 0 Å². The monoisotopic (exact) mass is 259 g/mol. The van der Waals surface area contributed by atoms with Gasteiger partial charge in [0.1, 0.15) is 12.7 Å². The van der Waals surface area contributed by atoms with Gasteiger partial charge in [-0.1, -0.05) is 36.6 Å². The zero-order valence-electron chi connectivity index (χ0n) is 10.9. The van der Waals surface area contributed by atoms with Gasteiger partial charge in [0.05, 0.1) is 13.2 Å². The molecule has 1 aromatic rings. The molecule has 1 N–H and O–H groups in total. The van der Waals surface area contributed by atoms with E-state index in [9.17, 15) is 9.90 Å². The molecule has 2 aliphatic rings. The molecule has 0 amide bonds. The predicted molar refractivity (Wildman–Crippen MR) is 70.9 cm³/mol. The van der Waals surface area contributed by atoms with Gasteiger partial charge >= 0.3 is 5.97 Å². The molecule has 1 saturated carbocycles. The summed E-state index contributed by atoms with van der Waals surface area (Å²) in [7, 11) is 1.99. The third-order valence-electron chi connectivity index (χ3n) is 4.16. The fourth-order valence-electron chi connectivity index (χ4n) is 3.04. The van der Waals surface area contributed by atoms with Crippen LogP contribution in [-0.2, 0) is 19.7 Å². The first-order valence-electron chi connectivity index (χ1n) is 6.51. The molecular weight excluding hydrogens is 243 g/mol. The molecule has 1 aromatic carbocycles. The Bertz CT molecular complexity index is 483. The molecule has 99 valence electrons. The van der Waals surface area contributed by atoms with Crippen LogP contribution >= 0.6 is 0 Å². The van der Waals surface area contributed by atoms with Gasteiger partial charge in [0.2, 0.25) is 0 Å². The van der Waals surface area contributed by atoms with E-state index in [1.807, 2.05) is 38.4 Å². The van der Waals surface area contributed by atoms with Crippen LogP contribution in [0.25, 0.3) is 0 Å². The van der Waals surface area contributed by atoms with Gasteiger partial charge in [0.15, 0.2) is 5.79 Å². The van der Waals surface area contributed by atoms with Crippen molar-refractivity contribution in [2.24, 2.45) is 0 Å². The molecule has 3 rings (SSSR count). The van der Waals surface area contributed by atoms with Gasteiger partial charge in [0.25, 0.3) is 0 Å². The number of benzene rings is 1. The maximum atomic E-state index is 11.7. The second-order valence-electron chi connectivity index (χ2n) is 5.26. The molecule has 2 fully saturated rings. The van der Waals surface area contributed by atoms with Crippen molar-refractivity contribution in [2.75, 3.05) is 13.2 Å². The van der Waals surface area contributed by atoms with E-state index in [-0.39, 0.29) is 0 Å². The van der Waals surface area contributed by atoms with E-state index in [1.165, 1.54) is 0 Å². The van der Waals surface area contributed by atoms with Crippen molar-refractivity contribution in [3.05, 3.63) is 29.8 Å². The molecule has 19 heavy (non-hydrogen) atoms. The highest BCUT2D eigenvalue weighted by Crippen LogP contribution is 2.54. The van der Waals surface area contributed by atoms with Crippen LogP contribution in [0, 0.1) is 0 Å². The Kier molecular flexibility index (Phi) is 2.91. The maximum absolute atomic E-state index is 11.7. The van der Waals surface area contributed by atoms with Crippen LogP contribution < -0.4 is 5.46 Å². The molecule has 4 nitrogen and oxygen atoms in total. The average Bonchev–Trinajstić information content (AvgIpc) is 2.85. The summed E-state index contributed by atoms with van der Waals surface area (Å²) in [6.45, 7) is 3.07. The van der Waals surface area contributed by atoms with E-state index in [1.54, 1.807) is 0 Å². The van der Waals surface area contributed by atoms with Gasteiger partial charge in [-0.25, -0.2) is 0 Å². The van der Waals surface area contributed by atoms with Crippen molar-refractivity contribution in [2.45, 2.75) is 30.9 Å². The SMILES string of the molecule is C[B]c1ccc(C2(C(=O)O)CC3(C2)OCCO3)cc1. The average molecular weight is 259 g/mol. The molecule has 1 aliphatic heterocycles. The van der Waals surface area contributed by atoms with Crippen LogP contribution in [0.2, 0.25) is 6.82 Å². The van der Waals surface area contributed by atoms with Gasteiger partial charge < -0.3 is 14.6 Å². The van der Waals surface area contributed by atoms with Crippen LogP contribution in [0.15, 0.2) is 24.3 Å². The fraction of sp³-hybridized carbons (Fsp3) is 0.500. The Balaban J connectivity index is 1.88. The lowest BCUT2D eigenvalue weighted by Gasteiger charge is -2.50. The van der Waals surface area contributed by atoms with Crippen LogP contribution in [-0.4, -0.2) is 37.4 Å². The Labute approximate surface area is 113 Å². The summed E-state index contributed by atoms with van der Waals surface area (Å²) >= 11 is 0. The minimum atomic E-state index is -0.864. The quantitative estimate of drug-likeness (QED) is 0.820. The number of carboxylic acids is 1. The summed E-state index contributed by atoms with van der Waals surface area (Å²) in [4.78, 5) is 11.7. The third-order valence-corrected chi connectivity index (χ3v) is 4.16. The number of carboxylic acid groups (broad SMARTS) is 1. The number of aliphatic carboxylic acids is 1. The molecule has 1 aliphatic carbocycles. The summed E-state index contributed by atoms with van der Waals surface area (Å²) in [5, 5.41) is 9.59. The molecule has 1 spiro atoms. The number of hydrogen-bond acceptors (Lipinski definition) is 3. The molecule has 5 heteroatoms. The maximum Gasteiger partial charge on any atom is 0.314 e. The summed E-state index contributed by atoms with van der Waals surface area (Å²) in [6, 6.07) is 7.68. The minimum absolute atomic E-state index is 0.393. The first kappa shape index (κ1) is 12.7. The van der Waals surface area contributed by atoms with Crippen LogP contribution in [0.5, 0.6) is 0 Å². The van der Waals surface area contributed by atoms with Crippen molar-refractivity contribution in [1.29, 1.82) is 0 Å². The van der Waals surface area contributed by atoms with Gasteiger partial charge in [-0.2, -0.15) is 0 Å². The van der Waals surface area contributed by atoms with E-state index in [2.05, 4.69) is 0 Å². The van der Waals surface area contributed by atoms with Gasteiger partial charge in [-0.15, -0.1) is 0 Å². The topological polar surface area (TPSA) is 55.8 Å². The molecule has 0 aromatic heterocycles. The highest BCUT2D eigenvalue weighted by atomic mass is 16.7. The third kappa shape index (κ3) is 1.88. The molecule has 0 atom stereocenters. The Morgan fingerprint density at radius 1 is 1.21 bits per heavy atom. The number of ether oxygens (including phenoxy) is 2. The molecule has 1 radical (unpaired) electrons. The summed E-state index contributed by atoms with van der Waals surface area (Å²) in [5.74, 6) is -1.46. The van der Waals surface area contributed by atoms with Gasteiger partial charge in [-0.3, -0.25) is 4.79 Å². The highest BCUT2D eigenvalue weighted by Gasteiger charge is 2.63. The van der Waals surface area contributed by atoms with E-state index >= 15 is 0 Å². The summed E-state index contributed by atoms with van der Waals surface area (Å²) in [5.41, 5.74) is 1.05. The zero-order chi connectivity index (χ0) is 13.5. The molecule has 0 unspecified atom stereocenters. The lowest BCUT2D eigenvalue weighted by molar-refractivity contribution is -0.243. The van der Waals surface area contributed by atoms with Crippen molar-refractivity contribution in [1.82, 2.24) is 0 Å². The fourth-order valence-corrected chi connectivity index (χ4v) is 3.04. The lowest BCUT2D eigenvalue weighted by Crippen LogP contribution is -2.59. The highest BCUT2D eigenvalue weighted by molar-refractivity contribution is 6.51. The van der Waals surface area contributed by atoms with Crippen molar-refractivity contribution >= 4 is 18.7 Å². The standard InChI is InChI=1S/C14H16BO4/c1-15-11-4-2-10(3-5-11)13(12(16)17)8-14(9-13)18-6-7-19-14/h2-5H,6-9H2,1H3,(H,16,17). The number of hydrogen-bond donors (Lipinski definition) is 1. The van der Waals surface area contributed by atoms with Gasteiger partial charge in [-0.05, 0) is 5.56 Å². The Morgan fingerprint density at radius 3 is 2.26 bits per heavy atom. The lowest BCUT2D eigenvalue weighted by atomic mass is 9.60. The van der Waals surface area contributed by atoms with Crippen molar-refractivity contribution < 1.29 is 19.4 Å². The molecular formula is C14H16BO4. The van der Waals surface area contributed by atoms with Crippen molar-refractivity contribution in [3.63, 3.8) is 0 Å². The van der Waals surface area contributed by atoms with Crippen molar-refractivity contribution in [3.8, 4) is 0 Å². The summed E-state index contributed by atoms with van der Waals surface area (Å²) < 4.78 is 11.1. The largest absolute Gasteiger partial charge is 0.481 e. The van der Waals surface area contributed by atoms with E-state index < -0.39 is 17.2 Å². The normalized spacial score (nSPS) is 23.0. The molecule has 1 heterocycles. The molecule has 0 bridgehead atoms. The van der Waals surface area contributed by atoms with Crippen LogP contribution in [0.3, 0.4) is 0 Å². The summed E-state index contributed by atoms with van der Waals surface area (Å²) in [6.07, 6.45) is 0.787. The molecule has 1 saturated heterocycles. The predicted octanol–water partition coefficient (Wildman–Crippen LogP) is 0.923. The number of rotatable bonds is 3.